The number of nitrogens with one attached hydrogen (secondary N) is 3. The van der Waals surface area contributed by atoms with Gasteiger partial charge >= 0.3 is 0 Å². The van der Waals surface area contributed by atoms with Crippen LogP contribution in [0.25, 0.3) is 0 Å². The number of carbonyl (C=O) groups excluding carboxylic acids is 1. The lowest BCUT2D eigenvalue weighted by atomic mass is 10.4. The highest BCUT2D eigenvalue weighted by Gasteiger charge is 1.99. The fourth-order valence-corrected chi connectivity index (χ4v) is 0.686. The maximum absolute atomic E-state index is 11.0. The molecule has 0 atom stereocenters. The van der Waals surface area contributed by atoms with Crippen molar-refractivity contribution in [2.45, 2.75) is 19.9 Å². The number of likely N-dealkylation sites (N-methyl/N-ethyl adjacent to an activating group) is 1. The topological polar surface area (TPSA) is 53.2 Å². The predicted octanol–water partition coefficient (Wildman–Crippen LogP) is -0.680. The molecule has 0 spiro atoms. The summed E-state index contributed by atoms with van der Waals surface area (Å²) < 4.78 is 0. The highest BCUT2D eigenvalue weighted by molar-refractivity contribution is 5.77. The molecule has 0 aliphatic carbocycles. The van der Waals surface area contributed by atoms with Gasteiger partial charge in [-0.3, -0.25) is 4.79 Å². The Morgan fingerprint density at radius 1 is 1.33 bits per heavy atom. The monoisotopic (exact) mass is 173 g/mol. The van der Waals surface area contributed by atoms with E-state index in [0.717, 1.165) is 6.54 Å². The Labute approximate surface area is 74.1 Å². The van der Waals surface area contributed by atoms with Gasteiger partial charge in [0.1, 0.15) is 0 Å². The first kappa shape index (κ1) is 11.4. The molecule has 4 heteroatoms. The standard InChI is InChI=1S/C8H19N3O/c1-7(2)11-6-8(12)10-5-4-9-3/h7,9,11H,4-6H2,1-3H3,(H,10,12). The third-order valence-electron chi connectivity index (χ3n) is 1.37. The number of rotatable bonds is 6. The van der Waals surface area contributed by atoms with Crippen LogP contribution in [0.5, 0.6) is 0 Å². The SMILES string of the molecule is CNCCNC(=O)CNC(C)C. The molecule has 0 unspecified atom stereocenters. The van der Waals surface area contributed by atoms with Crippen LogP contribution in [0.15, 0.2) is 0 Å². The van der Waals surface area contributed by atoms with Crippen LogP contribution in [0, 0.1) is 0 Å². The van der Waals surface area contributed by atoms with E-state index in [4.69, 9.17) is 0 Å². The summed E-state index contributed by atoms with van der Waals surface area (Å²) >= 11 is 0. The van der Waals surface area contributed by atoms with Crippen LogP contribution >= 0.6 is 0 Å². The molecule has 0 saturated heterocycles. The minimum absolute atomic E-state index is 0.0546. The second kappa shape index (κ2) is 7.06. The molecular weight excluding hydrogens is 154 g/mol. The van der Waals surface area contributed by atoms with E-state index in [9.17, 15) is 4.79 Å². The molecular formula is C8H19N3O. The summed E-state index contributed by atoms with van der Waals surface area (Å²) in [6.45, 7) is 5.94. The fourth-order valence-electron chi connectivity index (χ4n) is 0.686. The summed E-state index contributed by atoms with van der Waals surface area (Å²) in [6, 6.07) is 0.361. The maximum atomic E-state index is 11.0. The van der Waals surface area contributed by atoms with Gasteiger partial charge in [0.2, 0.25) is 5.91 Å². The smallest absolute Gasteiger partial charge is 0.234 e. The first-order chi connectivity index (χ1) is 5.66. The lowest BCUT2D eigenvalue weighted by Gasteiger charge is -2.08. The molecule has 0 aliphatic heterocycles. The van der Waals surface area contributed by atoms with E-state index in [1.807, 2.05) is 20.9 Å². The second-order valence-electron chi connectivity index (χ2n) is 2.99. The third-order valence-corrected chi connectivity index (χ3v) is 1.37. The summed E-state index contributed by atoms with van der Waals surface area (Å²) in [5, 5.41) is 8.77. The van der Waals surface area contributed by atoms with Crippen LogP contribution < -0.4 is 16.0 Å². The molecule has 72 valence electrons. The van der Waals surface area contributed by atoms with E-state index < -0.39 is 0 Å². The van der Waals surface area contributed by atoms with Crippen molar-refractivity contribution < 1.29 is 4.79 Å². The van der Waals surface area contributed by atoms with Crippen molar-refractivity contribution >= 4 is 5.91 Å². The number of carbonyl (C=O) groups is 1. The summed E-state index contributed by atoms with van der Waals surface area (Å²) in [4.78, 5) is 11.0. The van der Waals surface area contributed by atoms with Crippen molar-refractivity contribution in [1.29, 1.82) is 0 Å². The molecule has 0 aromatic heterocycles. The van der Waals surface area contributed by atoms with E-state index in [1.54, 1.807) is 0 Å². The Hall–Kier alpha value is -0.610. The summed E-state index contributed by atoms with van der Waals surface area (Å²) in [5.41, 5.74) is 0. The van der Waals surface area contributed by atoms with Crippen molar-refractivity contribution in [3.05, 3.63) is 0 Å². The quantitative estimate of drug-likeness (QED) is 0.466. The van der Waals surface area contributed by atoms with Crippen LogP contribution in [0.2, 0.25) is 0 Å². The zero-order valence-electron chi connectivity index (χ0n) is 8.11. The van der Waals surface area contributed by atoms with Crippen LogP contribution in [0.3, 0.4) is 0 Å². The third kappa shape index (κ3) is 7.50. The molecule has 0 aromatic rings. The summed E-state index contributed by atoms with van der Waals surface area (Å²) in [7, 11) is 1.86. The Balaban J connectivity index is 3.22. The molecule has 0 aromatic carbocycles. The van der Waals surface area contributed by atoms with Gasteiger partial charge in [0.05, 0.1) is 6.54 Å². The molecule has 0 heterocycles. The van der Waals surface area contributed by atoms with Crippen molar-refractivity contribution in [2.24, 2.45) is 0 Å². The molecule has 0 saturated carbocycles. The minimum atomic E-state index is 0.0546. The van der Waals surface area contributed by atoms with E-state index in [2.05, 4.69) is 16.0 Å². The average Bonchev–Trinajstić information content (AvgIpc) is 2.01. The molecule has 3 N–H and O–H groups in total. The van der Waals surface area contributed by atoms with Crippen molar-refractivity contribution in [3.8, 4) is 0 Å². The van der Waals surface area contributed by atoms with Gasteiger partial charge in [-0.05, 0) is 7.05 Å². The van der Waals surface area contributed by atoms with E-state index in [-0.39, 0.29) is 5.91 Å². The zero-order chi connectivity index (χ0) is 9.40. The van der Waals surface area contributed by atoms with Crippen molar-refractivity contribution in [2.75, 3.05) is 26.7 Å². The normalized spacial score (nSPS) is 10.3. The van der Waals surface area contributed by atoms with Gasteiger partial charge in [-0.25, -0.2) is 0 Å². The second-order valence-corrected chi connectivity index (χ2v) is 2.99. The zero-order valence-corrected chi connectivity index (χ0v) is 8.11. The lowest BCUT2D eigenvalue weighted by molar-refractivity contribution is -0.120. The molecule has 0 aliphatic rings. The van der Waals surface area contributed by atoms with E-state index in [0.29, 0.717) is 19.1 Å². The Kier molecular flexibility index (Phi) is 6.70. The lowest BCUT2D eigenvalue weighted by Crippen LogP contribution is -2.39. The molecule has 12 heavy (non-hydrogen) atoms. The summed E-state index contributed by atoms with van der Waals surface area (Å²) in [6.07, 6.45) is 0. The highest BCUT2D eigenvalue weighted by atomic mass is 16.1. The van der Waals surface area contributed by atoms with E-state index in [1.165, 1.54) is 0 Å². The largest absolute Gasteiger partial charge is 0.354 e. The minimum Gasteiger partial charge on any atom is -0.354 e. The first-order valence-electron chi connectivity index (χ1n) is 4.31. The summed E-state index contributed by atoms with van der Waals surface area (Å²) in [5.74, 6) is 0.0546. The maximum Gasteiger partial charge on any atom is 0.234 e. The predicted molar refractivity (Wildman–Crippen MR) is 50.1 cm³/mol. The van der Waals surface area contributed by atoms with Crippen LogP contribution in [-0.2, 0) is 4.79 Å². The molecule has 0 bridgehead atoms. The van der Waals surface area contributed by atoms with Gasteiger partial charge in [0, 0.05) is 19.1 Å². The number of hydrogen-bond acceptors (Lipinski definition) is 3. The average molecular weight is 173 g/mol. The number of amides is 1. The van der Waals surface area contributed by atoms with Gasteiger partial charge in [0.25, 0.3) is 0 Å². The van der Waals surface area contributed by atoms with Gasteiger partial charge in [-0.2, -0.15) is 0 Å². The molecule has 4 nitrogen and oxygen atoms in total. The van der Waals surface area contributed by atoms with Gasteiger partial charge in [-0.15, -0.1) is 0 Å². The molecule has 1 amide bonds. The highest BCUT2D eigenvalue weighted by Crippen LogP contribution is 1.74. The molecule has 0 rings (SSSR count). The van der Waals surface area contributed by atoms with Crippen LogP contribution in [-0.4, -0.2) is 38.6 Å². The van der Waals surface area contributed by atoms with Gasteiger partial charge in [-0.1, -0.05) is 13.8 Å². The Bertz CT molecular complexity index is 125. The molecule has 0 radical (unpaired) electrons. The van der Waals surface area contributed by atoms with Crippen molar-refractivity contribution in [3.63, 3.8) is 0 Å². The van der Waals surface area contributed by atoms with Crippen LogP contribution in [0.1, 0.15) is 13.8 Å². The van der Waals surface area contributed by atoms with E-state index >= 15 is 0 Å². The molecule has 0 fully saturated rings. The van der Waals surface area contributed by atoms with Crippen LogP contribution in [0.4, 0.5) is 0 Å². The van der Waals surface area contributed by atoms with Gasteiger partial charge < -0.3 is 16.0 Å². The number of hydrogen-bond donors (Lipinski definition) is 3. The fraction of sp³-hybridized carbons (Fsp3) is 0.875. The first-order valence-corrected chi connectivity index (χ1v) is 4.31. The van der Waals surface area contributed by atoms with Crippen molar-refractivity contribution in [1.82, 2.24) is 16.0 Å². The Morgan fingerprint density at radius 3 is 2.50 bits per heavy atom. The van der Waals surface area contributed by atoms with Gasteiger partial charge in [0.15, 0.2) is 0 Å². The Morgan fingerprint density at radius 2 is 2.00 bits per heavy atom.